The molecule has 2 aromatic rings. The van der Waals surface area contributed by atoms with Gasteiger partial charge in [0.1, 0.15) is 5.82 Å². The van der Waals surface area contributed by atoms with E-state index in [1.165, 1.54) is 34.4 Å². The molecule has 1 fully saturated rings. The highest BCUT2D eigenvalue weighted by Gasteiger charge is 2.33. The van der Waals surface area contributed by atoms with Crippen molar-refractivity contribution in [2.45, 2.75) is 57.5 Å². The summed E-state index contributed by atoms with van der Waals surface area (Å²) in [5.74, 6) is -1.40. The van der Waals surface area contributed by atoms with Crippen molar-refractivity contribution in [1.29, 1.82) is 0 Å². The molecule has 0 spiro atoms. The molecule has 0 aromatic heterocycles. The molecule has 1 saturated carbocycles. The summed E-state index contributed by atoms with van der Waals surface area (Å²) in [5.41, 5.74) is 5.24. The number of amides is 1. The Morgan fingerprint density at radius 2 is 1.83 bits per heavy atom. The number of hydrogen-bond acceptors (Lipinski definition) is 2. The van der Waals surface area contributed by atoms with Crippen molar-refractivity contribution in [3.63, 3.8) is 0 Å². The van der Waals surface area contributed by atoms with Crippen LogP contribution in [0.3, 0.4) is 0 Å². The van der Waals surface area contributed by atoms with Gasteiger partial charge in [0, 0.05) is 18.2 Å². The van der Waals surface area contributed by atoms with E-state index in [4.69, 9.17) is 0 Å². The molecule has 2 atom stereocenters. The normalized spacial score (nSPS) is 22.1. The molecule has 2 N–H and O–H groups in total. The molecule has 2 unspecified atom stereocenters. The van der Waals surface area contributed by atoms with Gasteiger partial charge in [-0.2, -0.15) is 13.2 Å². The van der Waals surface area contributed by atoms with Gasteiger partial charge in [-0.15, -0.1) is 0 Å². The van der Waals surface area contributed by atoms with Gasteiger partial charge in [0.05, 0.1) is 11.3 Å². The summed E-state index contributed by atoms with van der Waals surface area (Å²) in [6.07, 6.45) is 7.23. The predicted molar refractivity (Wildman–Crippen MR) is 134 cm³/mol. The smallest absolute Gasteiger partial charge is 0.385 e. The molecule has 2 aliphatic carbocycles. The Morgan fingerprint density at radius 3 is 2.58 bits per heavy atom. The summed E-state index contributed by atoms with van der Waals surface area (Å²) in [5, 5.41) is 6.01. The van der Waals surface area contributed by atoms with Crippen LogP contribution in [0.15, 0.2) is 54.1 Å². The fourth-order valence-electron chi connectivity index (χ4n) is 5.69. The number of aryl methyl sites for hydroxylation is 1. The van der Waals surface area contributed by atoms with Crippen LogP contribution in [0, 0.1) is 17.7 Å². The molecule has 0 radical (unpaired) electrons. The van der Waals surface area contributed by atoms with E-state index in [1.807, 2.05) is 0 Å². The van der Waals surface area contributed by atoms with Crippen LogP contribution in [0.1, 0.15) is 61.6 Å². The molecule has 3 aliphatic rings. The number of alkyl halides is 3. The second-order valence-electron chi connectivity index (χ2n) is 10.1. The molecule has 2 aromatic carbocycles. The molecule has 36 heavy (non-hydrogen) atoms. The molecule has 7 heteroatoms. The highest BCUT2D eigenvalue weighted by Crippen LogP contribution is 2.40. The minimum atomic E-state index is -4.63. The Labute approximate surface area is 208 Å². The standard InChI is InChI=1S/C29H30F4N2O/c30-25-17-24(29(31,32)33)12-13-26(25)35-28(36)23-4-1-3-21(15-23)18-6-8-19(9-7-18)22-11-10-20-5-2-14-34-27(20)16-22/h6,8,10-13,16-17,21,23,34H,1-5,7,9,14-15H2,(H,35,36). The Bertz CT molecular complexity index is 1210. The van der Waals surface area contributed by atoms with Crippen LogP contribution in [0.5, 0.6) is 0 Å². The second-order valence-corrected chi connectivity index (χ2v) is 10.1. The average molecular weight is 499 g/mol. The maximum atomic E-state index is 14.2. The van der Waals surface area contributed by atoms with Crippen molar-refractivity contribution < 1.29 is 22.4 Å². The molecular weight excluding hydrogens is 468 g/mol. The monoisotopic (exact) mass is 498 g/mol. The van der Waals surface area contributed by atoms with E-state index in [9.17, 15) is 22.4 Å². The predicted octanol–water partition coefficient (Wildman–Crippen LogP) is 7.75. The van der Waals surface area contributed by atoms with Crippen molar-refractivity contribution in [1.82, 2.24) is 0 Å². The maximum absolute atomic E-state index is 14.2. The van der Waals surface area contributed by atoms with E-state index >= 15 is 0 Å². The van der Waals surface area contributed by atoms with Crippen LogP contribution in [0.2, 0.25) is 0 Å². The zero-order valence-corrected chi connectivity index (χ0v) is 20.1. The van der Waals surface area contributed by atoms with Gasteiger partial charge in [-0.05, 0) is 91.8 Å². The van der Waals surface area contributed by atoms with Crippen LogP contribution in [-0.2, 0) is 17.4 Å². The van der Waals surface area contributed by atoms with Crippen LogP contribution in [0.25, 0.3) is 5.57 Å². The minimum Gasteiger partial charge on any atom is -0.385 e. The van der Waals surface area contributed by atoms with E-state index < -0.39 is 17.6 Å². The number of rotatable bonds is 4. The largest absolute Gasteiger partial charge is 0.416 e. The number of hydrogen-bond donors (Lipinski definition) is 2. The fraction of sp³-hybridized carbons (Fsp3) is 0.414. The van der Waals surface area contributed by atoms with Gasteiger partial charge < -0.3 is 10.6 Å². The van der Waals surface area contributed by atoms with Crippen LogP contribution in [0.4, 0.5) is 28.9 Å². The number of allylic oxidation sites excluding steroid dienone is 4. The first-order chi connectivity index (χ1) is 17.3. The Hall–Kier alpha value is -3.09. The molecule has 190 valence electrons. The van der Waals surface area contributed by atoms with Crippen LogP contribution < -0.4 is 10.6 Å². The fourth-order valence-corrected chi connectivity index (χ4v) is 5.69. The lowest BCUT2D eigenvalue weighted by Crippen LogP contribution is -2.29. The molecule has 3 nitrogen and oxygen atoms in total. The van der Waals surface area contributed by atoms with Gasteiger partial charge >= 0.3 is 6.18 Å². The number of halogens is 4. The van der Waals surface area contributed by atoms with E-state index in [2.05, 4.69) is 41.0 Å². The van der Waals surface area contributed by atoms with Crippen LogP contribution in [-0.4, -0.2) is 12.5 Å². The lowest BCUT2D eigenvalue weighted by Gasteiger charge is -2.31. The van der Waals surface area contributed by atoms with Gasteiger partial charge in [0.2, 0.25) is 5.91 Å². The summed E-state index contributed by atoms with van der Waals surface area (Å²) in [4.78, 5) is 12.8. The zero-order valence-electron chi connectivity index (χ0n) is 20.1. The van der Waals surface area contributed by atoms with E-state index in [-0.39, 0.29) is 23.4 Å². The van der Waals surface area contributed by atoms with Gasteiger partial charge in [-0.25, -0.2) is 4.39 Å². The molecule has 0 saturated heterocycles. The molecule has 1 amide bonds. The first-order valence-electron chi connectivity index (χ1n) is 12.7. The second kappa shape index (κ2) is 10.1. The third kappa shape index (κ3) is 5.35. The quantitative estimate of drug-likeness (QED) is 0.423. The lowest BCUT2D eigenvalue weighted by atomic mass is 9.74. The zero-order chi connectivity index (χ0) is 25.3. The number of nitrogens with one attached hydrogen (secondary N) is 2. The summed E-state index contributed by atoms with van der Waals surface area (Å²) in [6, 6.07) is 8.88. The number of fused-ring (bicyclic) bond motifs is 1. The third-order valence-electron chi connectivity index (χ3n) is 7.72. The molecule has 0 bridgehead atoms. The number of carbonyl (C=O) groups is 1. The first kappa shape index (κ1) is 24.6. The van der Waals surface area contributed by atoms with Crippen molar-refractivity contribution in [3.8, 4) is 0 Å². The highest BCUT2D eigenvalue weighted by molar-refractivity contribution is 5.92. The first-order valence-corrected chi connectivity index (χ1v) is 12.7. The lowest BCUT2D eigenvalue weighted by molar-refractivity contribution is -0.137. The molecule has 1 aliphatic heterocycles. The van der Waals surface area contributed by atoms with Crippen molar-refractivity contribution in [3.05, 3.63) is 76.6 Å². The SMILES string of the molecule is O=C(Nc1ccc(C(F)(F)F)cc1F)C1CCCC(C2=CC=C(c3ccc4c(c3)NCCC4)CC2)C1. The van der Waals surface area contributed by atoms with Crippen molar-refractivity contribution in [2.75, 3.05) is 17.2 Å². The van der Waals surface area contributed by atoms with Crippen molar-refractivity contribution >= 4 is 22.9 Å². The van der Waals surface area contributed by atoms with Gasteiger partial charge in [0.25, 0.3) is 0 Å². The third-order valence-corrected chi connectivity index (χ3v) is 7.72. The summed E-state index contributed by atoms with van der Waals surface area (Å²) in [6.45, 7) is 1.02. The topological polar surface area (TPSA) is 41.1 Å². The Balaban J connectivity index is 1.23. The van der Waals surface area contributed by atoms with Gasteiger partial charge in [-0.1, -0.05) is 36.3 Å². The maximum Gasteiger partial charge on any atom is 0.416 e. The van der Waals surface area contributed by atoms with Crippen LogP contribution >= 0.6 is 0 Å². The van der Waals surface area contributed by atoms with Crippen molar-refractivity contribution in [2.24, 2.45) is 11.8 Å². The number of anilines is 2. The Kier molecular flexibility index (Phi) is 6.91. The molecule has 1 heterocycles. The average Bonchev–Trinajstić information content (AvgIpc) is 2.89. The summed E-state index contributed by atoms with van der Waals surface area (Å²) < 4.78 is 52.6. The van der Waals surface area contributed by atoms with E-state index in [1.54, 1.807) is 0 Å². The summed E-state index contributed by atoms with van der Waals surface area (Å²) >= 11 is 0. The summed E-state index contributed by atoms with van der Waals surface area (Å²) in [7, 11) is 0. The van der Waals surface area contributed by atoms with E-state index in [0.29, 0.717) is 18.9 Å². The molecule has 5 rings (SSSR count). The Morgan fingerprint density at radius 1 is 0.972 bits per heavy atom. The van der Waals surface area contributed by atoms with Gasteiger partial charge in [0.15, 0.2) is 0 Å². The number of carbonyl (C=O) groups excluding carboxylic acids is 1. The van der Waals surface area contributed by atoms with E-state index in [0.717, 1.165) is 50.8 Å². The highest BCUT2D eigenvalue weighted by atomic mass is 19.4. The minimum absolute atomic E-state index is 0.209. The molecular formula is C29H30F4N2O. The number of benzene rings is 2. The van der Waals surface area contributed by atoms with Gasteiger partial charge in [-0.3, -0.25) is 4.79 Å².